The summed E-state index contributed by atoms with van der Waals surface area (Å²) < 4.78 is 5.18. The van der Waals surface area contributed by atoms with Crippen molar-refractivity contribution in [1.29, 1.82) is 0 Å². The van der Waals surface area contributed by atoms with E-state index in [1.807, 2.05) is 24.3 Å². The summed E-state index contributed by atoms with van der Waals surface area (Å²) in [6.07, 6.45) is 3.74. The number of hydrogen-bond acceptors (Lipinski definition) is 3. The molecule has 4 heteroatoms. The third-order valence-electron chi connectivity index (χ3n) is 3.49. The van der Waals surface area contributed by atoms with Crippen LogP contribution in [0.15, 0.2) is 48.8 Å². The van der Waals surface area contributed by atoms with Crippen LogP contribution in [0.1, 0.15) is 18.1 Å². The van der Waals surface area contributed by atoms with Crippen LogP contribution >= 0.6 is 0 Å². The summed E-state index contributed by atoms with van der Waals surface area (Å²) in [6.45, 7) is 1.73. The van der Waals surface area contributed by atoms with Crippen LogP contribution in [-0.4, -0.2) is 23.2 Å². The summed E-state index contributed by atoms with van der Waals surface area (Å²) in [5.74, 6) is -0.202. The SMILES string of the molecule is COc1cccc(C(C)(Cc2ccncc2)C(=O)O)c1. The summed E-state index contributed by atoms with van der Waals surface area (Å²) in [5.41, 5.74) is 0.657. The van der Waals surface area contributed by atoms with Gasteiger partial charge in [0.05, 0.1) is 12.5 Å². The van der Waals surface area contributed by atoms with Crippen LogP contribution in [0.25, 0.3) is 0 Å². The summed E-state index contributed by atoms with van der Waals surface area (Å²) in [4.78, 5) is 15.7. The summed E-state index contributed by atoms with van der Waals surface area (Å²) in [5, 5.41) is 9.65. The van der Waals surface area contributed by atoms with Gasteiger partial charge in [-0.2, -0.15) is 0 Å². The second-order valence-corrected chi connectivity index (χ2v) is 4.90. The van der Waals surface area contributed by atoms with E-state index < -0.39 is 11.4 Å². The molecule has 0 saturated carbocycles. The van der Waals surface area contributed by atoms with E-state index in [2.05, 4.69) is 4.98 Å². The van der Waals surface area contributed by atoms with Crippen LogP contribution in [0, 0.1) is 0 Å². The predicted molar refractivity (Wildman–Crippen MR) is 75.9 cm³/mol. The molecule has 0 aliphatic heterocycles. The molecule has 1 aromatic heterocycles. The number of aliphatic carboxylic acids is 1. The van der Waals surface area contributed by atoms with E-state index in [0.29, 0.717) is 12.2 Å². The number of carboxylic acids is 1. The highest BCUT2D eigenvalue weighted by Gasteiger charge is 2.35. The van der Waals surface area contributed by atoms with E-state index in [-0.39, 0.29) is 0 Å². The smallest absolute Gasteiger partial charge is 0.314 e. The van der Waals surface area contributed by atoms with Crippen molar-refractivity contribution in [3.05, 3.63) is 59.9 Å². The number of ether oxygens (including phenoxy) is 1. The Labute approximate surface area is 118 Å². The lowest BCUT2D eigenvalue weighted by Gasteiger charge is -2.26. The van der Waals surface area contributed by atoms with Crippen LogP contribution in [-0.2, 0) is 16.6 Å². The van der Waals surface area contributed by atoms with Crippen molar-refractivity contribution in [2.24, 2.45) is 0 Å². The van der Waals surface area contributed by atoms with Crippen molar-refractivity contribution in [2.75, 3.05) is 7.11 Å². The van der Waals surface area contributed by atoms with Crippen molar-refractivity contribution in [1.82, 2.24) is 4.98 Å². The number of carboxylic acid groups (broad SMARTS) is 1. The van der Waals surface area contributed by atoms with E-state index >= 15 is 0 Å². The number of methoxy groups -OCH3 is 1. The highest BCUT2D eigenvalue weighted by Crippen LogP contribution is 2.30. The number of rotatable bonds is 5. The lowest BCUT2D eigenvalue weighted by atomic mass is 9.77. The Balaban J connectivity index is 2.41. The van der Waals surface area contributed by atoms with Gasteiger partial charge in [-0.05, 0) is 48.7 Å². The zero-order valence-electron chi connectivity index (χ0n) is 11.5. The van der Waals surface area contributed by atoms with Crippen LogP contribution in [0.3, 0.4) is 0 Å². The summed E-state index contributed by atoms with van der Waals surface area (Å²) in [7, 11) is 1.57. The van der Waals surface area contributed by atoms with Gasteiger partial charge in [0.25, 0.3) is 0 Å². The lowest BCUT2D eigenvalue weighted by molar-refractivity contribution is -0.143. The minimum atomic E-state index is -1.00. The Bertz CT molecular complexity index is 598. The van der Waals surface area contributed by atoms with Crippen LogP contribution in [0.2, 0.25) is 0 Å². The fourth-order valence-electron chi connectivity index (χ4n) is 2.18. The molecule has 0 amide bonds. The number of benzene rings is 1. The first kappa shape index (κ1) is 14.1. The predicted octanol–water partition coefficient (Wildman–Crippen LogP) is 2.68. The molecule has 0 aliphatic rings. The van der Waals surface area contributed by atoms with E-state index in [4.69, 9.17) is 4.74 Å². The molecular formula is C16H17NO3. The fraction of sp³-hybridized carbons (Fsp3) is 0.250. The molecule has 0 aliphatic carbocycles. The Morgan fingerprint density at radius 2 is 2.00 bits per heavy atom. The highest BCUT2D eigenvalue weighted by molar-refractivity contribution is 5.81. The molecule has 0 saturated heterocycles. The number of carbonyl (C=O) groups is 1. The van der Waals surface area contributed by atoms with Gasteiger partial charge < -0.3 is 9.84 Å². The van der Waals surface area contributed by atoms with E-state index in [0.717, 1.165) is 11.1 Å². The van der Waals surface area contributed by atoms with E-state index in [1.165, 1.54) is 0 Å². The first-order chi connectivity index (χ1) is 9.56. The molecule has 0 spiro atoms. The average molecular weight is 271 g/mol. The van der Waals surface area contributed by atoms with E-state index in [1.54, 1.807) is 38.6 Å². The molecule has 1 atom stereocenters. The molecule has 0 bridgehead atoms. The Morgan fingerprint density at radius 1 is 1.30 bits per heavy atom. The van der Waals surface area contributed by atoms with Gasteiger partial charge in [-0.25, -0.2) is 0 Å². The number of hydrogen-bond donors (Lipinski definition) is 1. The van der Waals surface area contributed by atoms with Crippen LogP contribution in [0.4, 0.5) is 0 Å². The standard InChI is InChI=1S/C16H17NO3/c1-16(15(18)19,11-12-6-8-17-9-7-12)13-4-3-5-14(10-13)20-2/h3-10H,11H2,1-2H3,(H,18,19). The normalized spacial score (nSPS) is 13.5. The van der Waals surface area contributed by atoms with Gasteiger partial charge in [-0.1, -0.05) is 12.1 Å². The Morgan fingerprint density at radius 3 is 2.60 bits per heavy atom. The highest BCUT2D eigenvalue weighted by atomic mass is 16.5. The third-order valence-corrected chi connectivity index (χ3v) is 3.49. The van der Waals surface area contributed by atoms with Gasteiger partial charge in [0.15, 0.2) is 0 Å². The molecule has 1 N–H and O–H groups in total. The van der Waals surface area contributed by atoms with Gasteiger partial charge in [0.1, 0.15) is 5.75 Å². The zero-order chi connectivity index (χ0) is 14.6. The molecule has 104 valence electrons. The molecule has 4 nitrogen and oxygen atoms in total. The molecule has 2 aromatic rings. The molecule has 1 heterocycles. The molecule has 2 rings (SSSR count). The van der Waals surface area contributed by atoms with Crippen molar-refractivity contribution in [2.45, 2.75) is 18.8 Å². The molecule has 1 aromatic carbocycles. The lowest BCUT2D eigenvalue weighted by Crippen LogP contribution is -2.34. The maximum atomic E-state index is 11.8. The van der Waals surface area contributed by atoms with E-state index in [9.17, 15) is 9.90 Å². The maximum absolute atomic E-state index is 11.8. The summed E-state index contributed by atoms with van der Waals surface area (Å²) in [6, 6.07) is 10.9. The summed E-state index contributed by atoms with van der Waals surface area (Å²) >= 11 is 0. The first-order valence-electron chi connectivity index (χ1n) is 6.33. The first-order valence-corrected chi connectivity index (χ1v) is 6.33. The Hall–Kier alpha value is -2.36. The zero-order valence-corrected chi connectivity index (χ0v) is 11.5. The quantitative estimate of drug-likeness (QED) is 0.908. The fourth-order valence-corrected chi connectivity index (χ4v) is 2.18. The maximum Gasteiger partial charge on any atom is 0.314 e. The second kappa shape index (κ2) is 5.74. The number of pyridine rings is 1. The largest absolute Gasteiger partial charge is 0.497 e. The van der Waals surface area contributed by atoms with Crippen LogP contribution in [0.5, 0.6) is 5.75 Å². The molecule has 20 heavy (non-hydrogen) atoms. The second-order valence-electron chi connectivity index (χ2n) is 4.90. The average Bonchev–Trinajstić information content (AvgIpc) is 2.48. The van der Waals surface area contributed by atoms with Crippen molar-refractivity contribution >= 4 is 5.97 Å². The Kier molecular flexibility index (Phi) is 4.03. The molecule has 0 radical (unpaired) electrons. The van der Waals surface area contributed by atoms with Gasteiger partial charge in [0.2, 0.25) is 0 Å². The molecule has 1 unspecified atom stereocenters. The van der Waals surface area contributed by atoms with Gasteiger partial charge in [0, 0.05) is 12.4 Å². The van der Waals surface area contributed by atoms with Gasteiger partial charge >= 0.3 is 5.97 Å². The van der Waals surface area contributed by atoms with Crippen molar-refractivity contribution in [3.8, 4) is 5.75 Å². The van der Waals surface area contributed by atoms with Crippen LogP contribution < -0.4 is 4.74 Å². The molecular weight excluding hydrogens is 254 g/mol. The minimum Gasteiger partial charge on any atom is -0.497 e. The third kappa shape index (κ3) is 2.79. The molecule has 0 fully saturated rings. The van der Waals surface area contributed by atoms with Crippen molar-refractivity contribution < 1.29 is 14.6 Å². The van der Waals surface area contributed by atoms with Crippen molar-refractivity contribution in [3.63, 3.8) is 0 Å². The van der Waals surface area contributed by atoms with Gasteiger partial charge in [-0.15, -0.1) is 0 Å². The van der Waals surface area contributed by atoms with Gasteiger partial charge in [-0.3, -0.25) is 9.78 Å². The minimum absolute atomic E-state index is 0.401. The monoisotopic (exact) mass is 271 g/mol. The topological polar surface area (TPSA) is 59.4 Å². The number of nitrogens with zero attached hydrogens (tertiary/aromatic N) is 1. The number of aromatic nitrogens is 1.